The van der Waals surface area contributed by atoms with E-state index in [1.165, 1.54) is 17.7 Å². The van der Waals surface area contributed by atoms with Crippen LogP contribution in [0.4, 0.5) is 5.69 Å². The number of hydrogen-bond donors (Lipinski definition) is 0. The van der Waals surface area contributed by atoms with E-state index < -0.39 is 16.1 Å². The highest BCUT2D eigenvalue weighted by Gasteiger charge is 2.35. The van der Waals surface area contributed by atoms with Crippen molar-refractivity contribution in [2.24, 2.45) is 0 Å². The van der Waals surface area contributed by atoms with Crippen LogP contribution < -0.4 is 4.31 Å². The Hall–Kier alpha value is -1.76. The van der Waals surface area contributed by atoms with Gasteiger partial charge in [0.2, 0.25) is 15.9 Å². The third-order valence-corrected chi connectivity index (χ3v) is 6.83. The normalized spacial score (nSPS) is 15.1. The Bertz CT molecular complexity index is 995. The van der Waals surface area contributed by atoms with Gasteiger partial charge in [0, 0.05) is 13.1 Å². The quantitative estimate of drug-likeness (QED) is 0.702. The summed E-state index contributed by atoms with van der Waals surface area (Å²) in [6, 6.07) is 11.7. The van der Waals surface area contributed by atoms with E-state index in [0.29, 0.717) is 30.2 Å². The molecule has 1 aliphatic rings. The van der Waals surface area contributed by atoms with Crippen LogP contribution >= 0.6 is 23.2 Å². The molecule has 5 nitrogen and oxygen atoms in total. The molecule has 0 spiro atoms. The van der Waals surface area contributed by atoms with E-state index >= 15 is 0 Å². The summed E-state index contributed by atoms with van der Waals surface area (Å²) >= 11 is 12.1. The minimum absolute atomic E-state index is 0.214. The van der Waals surface area contributed by atoms with Crippen molar-refractivity contribution in [2.45, 2.75) is 32.4 Å². The first-order valence-electron chi connectivity index (χ1n) is 9.02. The zero-order valence-corrected chi connectivity index (χ0v) is 18.1. The predicted molar refractivity (Wildman–Crippen MR) is 113 cm³/mol. The van der Waals surface area contributed by atoms with Gasteiger partial charge in [-0.2, -0.15) is 0 Å². The summed E-state index contributed by atoms with van der Waals surface area (Å²) < 4.78 is 26.3. The largest absolute Gasteiger partial charge is 0.336 e. The summed E-state index contributed by atoms with van der Waals surface area (Å²) in [5.41, 5.74) is 2.65. The molecule has 150 valence electrons. The minimum atomic E-state index is -3.72. The lowest BCUT2D eigenvalue weighted by Crippen LogP contribution is -2.51. The van der Waals surface area contributed by atoms with Crippen molar-refractivity contribution in [2.75, 3.05) is 17.1 Å². The van der Waals surface area contributed by atoms with E-state index in [-0.39, 0.29) is 10.9 Å². The standard InChI is InChI=1S/C20H22Cl2N2O3S/c1-3-19(20(25)23-11-10-14-6-4-5-7-15(14)13-23)24(28(2,26)27)16-8-9-17(21)18(22)12-16/h4-9,12,19H,3,10-11,13H2,1-2H3/t19-/m1/s1. The van der Waals surface area contributed by atoms with Crippen molar-refractivity contribution >= 4 is 44.8 Å². The van der Waals surface area contributed by atoms with Crippen molar-refractivity contribution in [1.82, 2.24) is 4.90 Å². The Kier molecular flexibility index (Phi) is 6.22. The number of carbonyl (C=O) groups is 1. The first-order valence-corrected chi connectivity index (χ1v) is 11.6. The van der Waals surface area contributed by atoms with Crippen molar-refractivity contribution < 1.29 is 13.2 Å². The summed E-state index contributed by atoms with van der Waals surface area (Å²) in [6.45, 7) is 2.84. The molecule has 0 fully saturated rings. The summed E-state index contributed by atoms with van der Waals surface area (Å²) in [6.07, 6.45) is 2.19. The van der Waals surface area contributed by atoms with Gasteiger partial charge in [0.25, 0.3) is 0 Å². The monoisotopic (exact) mass is 440 g/mol. The second-order valence-corrected chi connectivity index (χ2v) is 9.53. The van der Waals surface area contributed by atoms with Gasteiger partial charge < -0.3 is 4.90 Å². The van der Waals surface area contributed by atoms with E-state index in [4.69, 9.17) is 23.2 Å². The Balaban J connectivity index is 1.94. The van der Waals surface area contributed by atoms with Gasteiger partial charge in [-0.1, -0.05) is 54.4 Å². The number of halogens is 2. The number of rotatable bonds is 5. The van der Waals surface area contributed by atoms with Gasteiger partial charge in [-0.15, -0.1) is 0 Å². The van der Waals surface area contributed by atoms with Crippen LogP contribution in [0.5, 0.6) is 0 Å². The molecule has 0 saturated carbocycles. The highest BCUT2D eigenvalue weighted by atomic mass is 35.5. The van der Waals surface area contributed by atoms with Crippen LogP contribution in [0, 0.1) is 0 Å². The van der Waals surface area contributed by atoms with Crippen LogP contribution in [-0.4, -0.2) is 38.1 Å². The highest BCUT2D eigenvalue weighted by Crippen LogP contribution is 2.31. The number of benzene rings is 2. The molecule has 0 saturated heterocycles. The summed E-state index contributed by atoms with van der Waals surface area (Å²) in [5.74, 6) is -0.214. The molecule has 0 radical (unpaired) electrons. The SMILES string of the molecule is CC[C@H](C(=O)N1CCc2ccccc2C1)N(c1ccc(Cl)c(Cl)c1)S(C)(=O)=O. The number of hydrogen-bond acceptors (Lipinski definition) is 3. The van der Waals surface area contributed by atoms with Gasteiger partial charge in [-0.3, -0.25) is 9.10 Å². The van der Waals surface area contributed by atoms with Crippen LogP contribution in [0.1, 0.15) is 24.5 Å². The molecule has 1 aliphatic heterocycles. The van der Waals surface area contributed by atoms with Gasteiger partial charge in [-0.05, 0) is 42.2 Å². The zero-order chi connectivity index (χ0) is 20.5. The van der Waals surface area contributed by atoms with Crippen LogP contribution in [0.15, 0.2) is 42.5 Å². The van der Waals surface area contributed by atoms with Gasteiger partial charge in [0.05, 0.1) is 22.0 Å². The summed E-state index contributed by atoms with van der Waals surface area (Å²) in [7, 11) is -3.72. The van der Waals surface area contributed by atoms with E-state index in [2.05, 4.69) is 6.07 Å². The molecule has 8 heteroatoms. The van der Waals surface area contributed by atoms with Crippen molar-refractivity contribution in [3.8, 4) is 0 Å². The molecular weight excluding hydrogens is 419 g/mol. The lowest BCUT2D eigenvalue weighted by atomic mass is 9.99. The molecule has 0 bridgehead atoms. The van der Waals surface area contributed by atoms with Gasteiger partial charge in [0.15, 0.2) is 0 Å². The first kappa shape index (κ1) is 21.0. The molecule has 0 aromatic heterocycles. The second-order valence-electron chi connectivity index (χ2n) is 6.86. The fourth-order valence-corrected chi connectivity index (χ4v) is 5.05. The third kappa shape index (κ3) is 4.29. The molecule has 2 aromatic rings. The highest BCUT2D eigenvalue weighted by molar-refractivity contribution is 7.92. The van der Waals surface area contributed by atoms with E-state index in [0.717, 1.165) is 22.5 Å². The molecular formula is C20H22Cl2N2O3S. The van der Waals surface area contributed by atoms with Crippen molar-refractivity contribution in [1.29, 1.82) is 0 Å². The van der Waals surface area contributed by atoms with Gasteiger partial charge in [-0.25, -0.2) is 8.42 Å². The van der Waals surface area contributed by atoms with E-state index in [1.54, 1.807) is 17.9 Å². The van der Waals surface area contributed by atoms with Crippen LogP contribution in [0.3, 0.4) is 0 Å². The molecule has 0 aliphatic carbocycles. The second kappa shape index (κ2) is 8.31. The van der Waals surface area contributed by atoms with Crippen LogP contribution in [0.2, 0.25) is 10.0 Å². The molecule has 1 heterocycles. The number of carbonyl (C=O) groups excluding carboxylic acids is 1. The number of sulfonamides is 1. The fourth-order valence-electron chi connectivity index (χ4n) is 3.56. The van der Waals surface area contributed by atoms with Crippen LogP contribution in [0.25, 0.3) is 0 Å². The zero-order valence-electron chi connectivity index (χ0n) is 15.7. The van der Waals surface area contributed by atoms with Crippen molar-refractivity contribution in [3.63, 3.8) is 0 Å². The summed E-state index contributed by atoms with van der Waals surface area (Å²) in [5, 5.41) is 0.563. The molecule has 1 amide bonds. The third-order valence-electron chi connectivity index (χ3n) is 4.91. The molecule has 28 heavy (non-hydrogen) atoms. The van der Waals surface area contributed by atoms with Crippen LogP contribution in [-0.2, 0) is 27.8 Å². The molecule has 2 aromatic carbocycles. The molecule has 0 N–H and O–H groups in total. The van der Waals surface area contributed by atoms with Gasteiger partial charge in [0.1, 0.15) is 6.04 Å². The first-order chi connectivity index (χ1) is 13.2. The lowest BCUT2D eigenvalue weighted by Gasteiger charge is -2.36. The average molecular weight is 441 g/mol. The van der Waals surface area contributed by atoms with Gasteiger partial charge >= 0.3 is 0 Å². The number of nitrogens with zero attached hydrogens (tertiary/aromatic N) is 2. The van der Waals surface area contributed by atoms with E-state index in [1.807, 2.05) is 18.2 Å². The number of fused-ring (bicyclic) bond motifs is 1. The maximum atomic E-state index is 13.3. The topological polar surface area (TPSA) is 57.7 Å². The summed E-state index contributed by atoms with van der Waals surface area (Å²) in [4.78, 5) is 15.0. The fraction of sp³-hybridized carbons (Fsp3) is 0.350. The Morgan fingerprint density at radius 3 is 2.43 bits per heavy atom. The smallest absolute Gasteiger partial charge is 0.246 e. The van der Waals surface area contributed by atoms with Crippen molar-refractivity contribution in [3.05, 3.63) is 63.6 Å². The Morgan fingerprint density at radius 2 is 1.82 bits per heavy atom. The predicted octanol–water partition coefficient (Wildman–Crippen LogP) is 4.12. The lowest BCUT2D eigenvalue weighted by molar-refractivity contribution is -0.133. The maximum absolute atomic E-state index is 13.3. The Morgan fingerprint density at radius 1 is 1.14 bits per heavy atom. The molecule has 3 rings (SSSR count). The number of amides is 1. The number of anilines is 1. The maximum Gasteiger partial charge on any atom is 0.246 e. The molecule has 0 unspecified atom stereocenters. The Labute approximate surface area is 175 Å². The van der Waals surface area contributed by atoms with E-state index in [9.17, 15) is 13.2 Å². The average Bonchev–Trinajstić information content (AvgIpc) is 2.66. The molecule has 1 atom stereocenters. The minimum Gasteiger partial charge on any atom is -0.336 e.